The van der Waals surface area contributed by atoms with Crippen LogP contribution in [0.25, 0.3) is 16.9 Å². The summed E-state index contributed by atoms with van der Waals surface area (Å²) in [6.45, 7) is 0.525. The monoisotopic (exact) mass is 390 g/mol. The molecule has 0 amide bonds. The van der Waals surface area contributed by atoms with Crippen molar-refractivity contribution in [1.29, 1.82) is 0 Å². The van der Waals surface area contributed by atoms with Gasteiger partial charge in [0.1, 0.15) is 0 Å². The van der Waals surface area contributed by atoms with Gasteiger partial charge in [-0.3, -0.25) is 4.40 Å². The van der Waals surface area contributed by atoms with Crippen LogP contribution in [0.1, 0.15) is 5.56 Å². The van der Waals surface area contributed by atoms with Gasteiger partial charge in [0.25, 0.3) is 0 Å². The van der Waals surface area contributed by atoms with Crippen molar-refractivity contribution in [3.63, 3.8) is 0 Å². The summed E-state index contributed by atoms with van der Waals surface area (Å²) < 4.78 is 18.3. The molecule has 4 rings (SSSR count). The largest absolute Gasteiger partial charge is 0.493 e. The van der Waals surface area contributed by atoms with Crippen molar-refractivity contribution in [2.75, 3.05) is 26.6 Å². The molecule has 0 aliphatic heterocycles. The van der Waals surface area contributed by atoms with Gasteiger partial charge in [-0.2, -0.15) is 0 Å². The van der Waals surface area contributed by atoms with Crippen LogP contribution in [0.2, 0.25) is 0 Å². The molecular weight excluding hydrogens is 368 g/mol. The molecule has 0 radical (unpaired) electrons. The first-order valence-corrected chi connectivity index (χ1v) is 9.15. The van der Waals surface area contributed by atoms with Gasteiger partial charge in [0.15, 0.2) is 23.0 Å². The third kappa shape index (κ3) is 3.54. The Morgan fingerprint density at radius 3 is 2.31 bits per heavy atom. The lowest BCUT2D eigenvalue weighted by atomic mass is 10.1. The van der Waals surface area contributed by atoms with Gasteiger partial charge in [-0.1, -0.05) is 30.3 Å². The van der Waals surface area contributed by atoms with Gasteiger partial charge >= 0.3 is 0 Å². The van der Waals surface area contributed by atoms with E-state index in [0.29, 0.717) is 29.6 Å². The van der Waals surface area contributed by atoms with Gasteiger partial charge in [-0.15, -0.1) is 0 Å². The zero-order valence-corrected chi connectivity index (χ0v) is 16.5. The quantitative estimate of drug-likeness (QED) is 0.514. The summed E-state index contributed by atoms with van der Waals surface area (Å²) in [6, 6.07) is 14.0. The molecule has 2 aromatic carbocycles. The standard InChI is InChI=1S/C22H22N4O3/c1-27-18-11-15(12-19(28-2)20(18)29-3)13-24-21-22-25-14-17(26(22)10-9-23-21)16-7-5-4-6-8-16/h4-12,14H,13H2,1-3H3,(H,23,24). The second-order valence-corrected chi connectivity index (χ2v) is 6.37. The SMILES string of the molecule is COc1cc(CNc2nccn3c(-c4ccccc4)cnc23)cc(OC)c1OC. The first-order valence-electron chi connectivity index (χ1n) is 9.15. The van der Waals surface area contributed by atoms with E-state index in [1.54, 1.807) is 27.5 Å². The number of benzene rings is 2. The molecule has 7 heteroatoms. The maximum absolute atomic E-state index is 5.43. The van der Waals surface area contributed by atoms with Gasteiger partial charge in [-0.25, -0.2) is 9.97 Å². The highest BCUT2D eigenvalue weighted by atomic mass is 16.5. The fourth-order valence-corrected chi connectivity index (χ4v) is 3.29. The summed E-state index contributed by atoms with van der Waals surface area (Å²) >= 11 is 0. The minimum atomic E-state index is 0.525. The van der Waals surface area contributed by atoms with Crippen molar-refractivity contribution in [2.24, 2.45) is 0 Å². The molecule has 2 heterocycles. The van der Waals surface area contributed by atoms with Crippen molar-refractivity contribution < 1.29 is 14.2 Å². The Hall–Kier alpha value is -3.74. The average Bonchev–Trinajstić information content (AvgIpc) is 3.22. The molecule has 4 aromatic rings. The van der Waals surface area contributed by atoms with Crippen molar-refractivity contribution in [3.05, 3.63) is 66.6 Å². The van der Waals surface area contributed by atoms with Crippen LogP contribution < -0.4 is 19.5 Å². The first-order chi connectivity index (χ1) is 14.2. The van der Waals surface area contributed by atoms with Crippen molar-refractivity contribution in [1.82, 2.24) is 14.4 Å². The Balaban J connectivity index is 1.63. The van der Waals surface area contributed by atoms with Crippen LogP contribution in [0.4, 0.5) is 5.82 Å². The molecule has 0 aliphatic carbocycles. The normalized spacial score (nSPS) is 10.7. The van der Waals surface area contributed by atoms with E-state index in [4.69, 9.17) is 14.2 Å². The third-order valence-electron chi connectivity index (χ3n) is 4.68. The van der Waals surface area contributed by atoms with E-state index in [1.165, 1.54) is 0 Å². The van der Waals surface area contributed by atoms with Gasteiger partial charge in [0, 0.05) is 24.5 Å². The summed E-state index contributed by atoms with van der Waals surface area (Å²) in [4.78, 5) is 9.04. The van der Waals surface area contributed by atoms with E-state index in [9.17, 15) is 0 Å². The van der Waals surface area contributed by atoms with Gasteiger partial charge in [0.2, 0.25) is 5.75 Å². The molecule has 1 N–H and O–H groups in total. The van der Waals surface area contributed by atoms with Crippen LogP contribution in [-0.2, 0) is 6.54 Å². The number of rotatable bonds is 7. The van der Waals surface area contributed by atoms with Gasteiger partial charge in [-0.05, 0) is 17.7 Å². The lowest BCUT2D eigenvalue weighted by molar-refractivity contribution is 0.324. The number of nitrogens with one attached hydrogen (secondary N) is 1. The number of ether oxygens (including phenoxy) is 3. The Bertz CT molecular complexity index is 1100. The summed E-state index contributed by atoms with van der Waals surface area (Å²) in [7, 11) is 4.80. The predicted molar refractivity (Wildman–Crippen MR) is 112 cm³/mol. The van der Waals surface area contributed by atoms with Crippen molar-refractivity contribution >= 4 is 11.5 Å². The van der Waals surface area contributed by atoms with Crippen LogP contribution >= 0.6 is 0 Å². The molecule has 148 valence electrons. The fraction of sp³-hybridized carbons (Fsp3) is 0.182. The van der Waals surface area contributed by atoms with E-state index < -0.39 is 0 Å². The van der Waals surface area contributed by atoms with E-state index >= 15 is 0 Å². The second kappa shape index (κ2) is 8.10. The fourth-order valence-electron chi connectivity index (χ4n) is 3.29. The summed E-state index contributed by atoms with van der Waals surface area (Å²) in [5.74, 6) is 2.49. The minimum absolute atomic E-state index is 0.525. The van der Waals surface area contributed by atoms with E-state index in [1.807, 2.05) is 47.1 Å². The molecule has 2 aromatic heterocycles. The Morgan fingerprint density at radius 2 is 1.66 bits per heavy atom. The van der Waals surface area contributed by atoms with Crippen LogP contribution in [0.3, 0.4) is 0 Å². The lowest BCUT2D eigenvalue weighted by Crippen LogP contribution is -2.05. The zero-order chi connectivity index (χ0) is 20.2. The highest BCUT2D eigenvalue weighted by Gasteiger charge is 2.14. The molecule has 0 fully saturated rings. The maximum atomic E-state index is 5.43. The average molecular weight is 390 g/mol. The molecule has 0 saturated heterocycles. The minimum Gasteiger partial charge on any atom is -0.493 e. The molecule has 0 saturated carbocycles. The van der Waals surface area contributed by atoms with Crippen LogP contribution in [-0.4, -0.2) is 35.7 Å². The first kappa shape index (κ1) is 18.6. The number of imidazole rings is 1. The summed E-state index contributed by atoms with van der Waals surface area (Å²) in [5, 5.41) is 3.36. The van der Waals surface area contributed by atoms with Crippen molar-refractivity contribution in [2.45, 2.75) is 6.54 Å². The number of aromatic nitrogens is 3. The number of anilines is 1. The topological polar surface area (TPSA) is 69.9 Å². The highest BCUT2D eigenvalue weighted by Crippen LogP contribution is 2.38. The number of nitrogens with zero attached hydrogens (tertiary/aromatic N) is 3. The highest BCUT2D eigenvalue weighted by molar-refractivity contribution is 5.70. The van der Waals surface area contributed by atoms with E-state index in [2.05, 4.69) is 27.4 Å². The second-order valence-electron chi connectivity index (χ2n) is 6.37. The molecule has 0 unspecified atom stereocenters. The van der Waals surface area contributed by atoms with Crippen molar-refractivity contribution in [3.8, 4) is 28.5 Å². The van der Waals surface area contributed by atoms with E-state index in [0.717, 1.165) is 22.5 Å². The molecule has 0 bridgehead atoms. The maximum Gasteiger partial charge on any atom is 0.203 e. The zero-order valence-electron chi connectivity index (χ0n) is 16.5. The van der Waals surface area contributed by atoms with Gasteiger partial charge in [0.05, 0.1) is 33.2 Å². The van der Waals surface area contributed by atoms with Crippen LogP contribution in [0, 0.1) is 0 Å². The molecule has 7 nitrogen and oxygen atoms in total. The number of hydrogen-bond acceptors (Lipinski definition) is 6. The number of hydrogen-bond donors (Lipinski definition) is 1. The Morgan fingerprint density at radius 1 is 0.931 bits per heavy atom. The van der Waals surface area contributed by atoms with Gasteiger partial charge < -0.3 is 19.5 Å². The Kier molecular flexibility index (Phi) is 5.20. The summed E-state index contributed by atoms with van der Waals surface area (Å²) in [6.07, 6.45) is 5.53. The molecule has 29 heavy (non-hydrogen) atoms. The van der Waals surface area contributed by atoms with E-state index in [-0.39, 0.29) is 0 Å². The molecule has 0 spiro atoms. The van der Waals surface area contributed by atoms with Crippen LogP contribution in [0.15, 0.2) is 61.1 Å². The Labute approximate surface area is 168 Å². The number of methoxy groups -OCH3 is 3. The molecule has 0 atom stereocenters. The van der Waals surface area contributed by atoms with Crippen LogP contribution in [0.5, 0.6) is 17.2 Å². The number of fused-ring (bicyclic) bond motifs is 1. The molecule has 0 aliphatic rings. The molecular formula is C22H22N4O3. The lowest BCUT2D eigenvalue weighted by Gasteiger charge is -2.14. The predicted octanol–water partition coefficient (Wildman–Crippen LogP) is 4.03. The summed E-state index contributed by atoms with van der Waals surface area (Å²) in [5.41, 5.74) is 3.84. The smallest absolute Gasteiger partial charge is 0.203 e. The third-order valence-corrected chi connectivity index (χ3v) is 4.68.